The predicted molar refractivity (Wildman–Crippen MR) is 79.8 cm³/mol. The molecule has 19 heavy (non-hydrogen) atoms. The lowest BCUT2D eigenvalue weighted by Gasteiger charge is -2.02. The summed E-state index contributed by atoms with van der Waals surface area (Å²) in [5.74, 6) is 0. The Kier molecular flexibility index (Phi) is 3.21. The summed E-state index contributed by atoms with van der Waals surface area (Å²) in [7, 11) is 0. The van der Waals surface area contributed by atoms with Gasteiger partial charge in [-0.05, 0) is 31.0 Å². The van der Waals surface area contributed by atoms with E-state index in [9.17, 15) is 0 Å². The Labute approximate surface area is 116 Å². The monoisotopic (exact) mass is 272 g/mol. The molecule has 0 saturated heterocycles. The Morgan fingerprint density at radius 3 is 2.95 bits per heavy atom. The first kappa shape index (κ1) is 12.2. The molecular formula is C14H16N4S. The first-order chi connectivity index (χ1) is 9.22. The highest BCUT2D eigenvalue weighted by Crippen LogP contribution is 2.27. The van der Waals surface area contributed by atoms with Crippen molar-refractivity contribution < 1.29 is 0 Å². The minimum Gasteiger partial charge on any atom is -0.360 e. The summed E-state index contributed by atoms with van der Waals surface area (Å²) in [6, 6.07) is 6.28. The van der Waals surface area contributed by atoms with Gasteiger partial charge in [-0.25, -0.2) is 4.98 Å². The molecule has 5 heteroatoms. The number of rotatable bonds is 4. The molecule has 0 unspecified atom stereocenters. The number of hydrogen-bond acceptors (Lipinski definition) is 4. The molecule has 0 radical (unpaired) electrons. The number of para-hydroxylation sites is 1. The molecule has 1 N–H and O–H groups in total. The first-order valence-corrected chi connectivity index (χ1v) is 7.13. The Balaban J connectivity index is 1.67. The number of hydrogen-bond donors (Lipinski definition) is 1. The number of fused-ring (bicyclic) bond motifs is 1. The van der Waals surface area contributed by atoms with Gasteiger partial charge in [-0.15, -0.1) is 0 Å². The van der Waals surface area contributed by atoms with Crippen molar-refractivity contribution in [2.24, 2.45) is 0 Å². The van der Waals surface area contributed by atoms with Gasteiger partial charge in [0.1, 0.15) is 0 Å². The Bertz CT molecular complexity index is 698. The Morgan fingerprint density at radius 1 is 1.32 bits per heavy atom. The van der Waals surface area contributed by atoms with Gasteiger partial charge in [-0.2, -0.15) is 5.10 Å². The fraction of sp³-hybridized carbons (Fsp3) is 0.286. The molecule has 98 valence electrons. The minimum atomic E-state index is 0.833. The molecule has 0 aliphatic carbocycles. The Morgan fingerprint density at radius 2 is 2.21 bits per heavy atom. The van der Waals surface area contributed by atoms with Gasteiger partial charge in [0.25, 0.3) is 0 Å². The molecule has 0 aliphatic heterocycles. The summed E-state index contributed by atoms with van der Waals surface area (Å²) in [4.78, 5) is 4.63. The average Bonchev–Trinajstić information content (AvgIpc) is 2.97. The van der Waals surface area contributed by atoms with E-state index in [1.54, 1.807) is 11.3 Å². The lowest BCUT2D eigenvalue weighted by Crippen LogP contribution is -2.10. The van der Waals surface area contributed by atoms with E-state index < -0.39 is 0 Å². The van der Waals surface area contributed by atoms with Gasteiger partial charge < -0.3 is 5.32 Å². The molecule has 1 aromatic carbocycles. The van der Waals surface area contributed by atoms with Crippen LogP contribution in [0.25, 0.3) is 10.2 Å². The van der Waals surface area contributed by atoms with Gasteiger partial charge in [-0.1, -0.05) is 23.5 Å². The summed E-state index contributed by atoms with van der Waals surface area (Å²) in [6.45, 7) is 5.83. The van der Waals surface area contributed by atoms with E-state index in [1.165, 1.54) is 15.8 Å². The van der Waals surface area contributed by atoms with Gasteiger partial charge in [0.05, 0.1) is 23.0 Å². The van der Waals surface area contributed by atoms with Crippen LogP contribution in [0, 0.1) is 13.8 Å². The van der Waals surface area contributed by atoms with Crippen molar-refractivity contribution in [3.05, 3.63) is 41.7 Å². The molecule has 2 aromatic heterocycles. The summed E-state index contributed by atoms with van der Waals surface area (Å²) < 4.78 is 3.18. The highest BCUT2D eigenvalue weighted by atomic mass is 32.1. The van der Waals surface area contributed by atoms with Gasteiger partial charge in [-0.3, -0.25) is 4.68 Å². The van der Waals surface area contributed by atoms with Crippen LogP contribution in [0.5, 0.6) is 0 Å². The van der Waals surface area contributed by atoms with E-state index in [2.05, 4.69) is 40.5 Å². The standard InChI is InChI=1S/C14H16N4S/c1-10-8-16-18(9-10)7-6-15-14-17-13-11(2)4-3-5-12(13)19-14/h3-5,8-9H,6-7H2,1-2H3,(H,15,17). The molecule has 3 rings (SSSR count). The van der Waals surface area contributed by atoms with Gasteiger partial charge in [0.15, 0.2) is 5.13 Å². The quantitative estimate of drug-likeness (QED) is 0.793. The summed E-state index contributed by atoms with van der Waals surface area (Å²) >= 11 is 1.70. The van der Waals surface area contributed by atoms with Crippen LogP contribution in [0.2, 0.25) is 0 Å². The van der Waals surface area contributed by atoms with Crippen LogP contribution in [0.4, 0.5) is 5.13 Å². The highest BCUT2D eigenvalue weighted by molar-refractivity contribution is 7.22. The lowest BCUT2D eigenvalue weighted by molar-refractivity contribution is 0.637. The van der Waals surface area contributed by atoms with Crippen molar-refractivity contribution in [2.45, 2.75) is 20.4 Å². The average molecular weight is 272 g/mol. The van der Waals surface area contributed by atoms with Crippen molar-refractivity contribution in [1.29, 1.82) is 0 Å². The zero-order chi connectivity index (χ0) is 13.2. The fourth-order valence-corrected chi connectivity index (χ4v) is 3.00. The highest BCUT2D eigenvalue weighted by Gasteiger charge is 2.05. The van der Waals surface area contributed by atoms with Crippen LogP contribution in [-0.4, -0.2) is 21.3 Å². The van der Waals surface area contributed by atoms with Crippen molar-refractivity contribution in [1.82, 2.24) is 14.8 Å². The van der Waals surface area contributed by atoms with Gasteiger partial charge in [0.2, 0.25) is 0 Å². The van der Waals surface area contributed by atoms with Crippen molar-refractivity contribution in [2.75, 3.05) is 11.9 Å². The number of anilines is 1. The normalized spacial score (nSPS) is 11.1. The van der Waals surface area contributed by atoms with Crippen LogP contribution in [0.15, 0.2) is 30.6 Å². The number of nitrogens with one attached hydrogen (secondary N) is 1. The molecule has 0 amide bonds. The van der Waals surface area contributed by atoms with Crippen LogP contribution in [0.1, 0.15) is 11.1 Å². The topological polar surface area (TPSA) is 42.7 Å². The smallest absolute Gasteiger partial charge is 0.183 e. The maximum atomic E-state index is 4.63. The fourth-order valence-electron chi connectivity index (χ4n) is 2.03. The van der Waals surface area contributed by atoms with Crippen molar-refractivity contribution in [3.8, 4) is 0 Å². The number of nitrogens with zero attached hydrogens (tertiary/aromatic N) is 3. The molecule has 0 fully saturated rings. The third kappa shape index (κ3) is 2.61. The summed E-state index contributed by atoms with van der Waals surface area (Å²) in [6.07, 6.45) is 3.92. The molecule has 4 nitrogen and oxygen atoms in total. The zero-order valence-electron chi connectivity index (χ0n) is 11.1. The van der Waals surface area contributed by atoms with Crippen molar-refractivity contribution >= 4 is 26.7 Å². The van der Waals surface area contributed by atoms with Gasteiger partial charge >= 0.3 is 0 Å². The minimum absolute atomic E-state index is 0.833. The first-order valence-electron chi connectivity index (χ1n) is 6.31. The van der Waals surface area contributed by atoms with Gasteiger partial charge in [0, 0.05) is 12.7 Å². The van der Waals surface area contributed by atoms with Crippen molar-refractivity contribution in [3.63, 3.8) is 0 Å². The Hall–Kier alpha value is -1.88. The van der Waals surface area contributed by atoms with E-state index >= 15 is 0 Å². The molecule has 0 spiro atoms. The third-order valence-corrected chi connectivity index (χ3v) is 3.98. The second-order valence-electron chi connectivity index (χ2n) is 4.65. The van der Waals surface area contributed by atoms with E-state index in [-0.39, 0.29) is 0 Å². The number of aryl methyl sites for hydroxylation is 2. The largest absolute Gasteiger partial charge is 0.360 e. The molecule has 3 aromatic rings. The van der Waals surface area contributed by atoms with E-state index in [0.717, 1.165) is 23.7 Å². The summed E-state index contributed by atoms with van der Waals surface area (Å²) in [5, 5.41) is 8.61. The van der Waals surface area contributed by atoms with Crippen LogP contribution >= 0.6 is 11.3 Å². The number of thiazole rings is 1. The van der Waals surface area contributed by atoms with E-state index in [0.29, 0.717) is 0 Å². The number of benzene rings is 1. The molecule has 0 atom stereocenters. The summed E-state index contributed by atoms with van der Waals surface area (Å²) in [5.41, 5.74) is 3.52. The predicted octanol–water partition coefficient (Wildman–Crippen LogP) is 3.22. The SMILES string of the molecule is Cc1cnn(CCNc2nc3c(C)cccc3s2)c1. The second kappa shape index (κ2) is 5.01. The second-order valence-corrected chi connectivity index (χ2v) is 5.68. The zero-order valence-corrected chi connectivity index (χ0v) is 11.9. The molecule has 2 heterocycles. The van der Waals surface area contributed by atoms with Crippen LogP contribution in [-0.2, 0) is 6.54 Å². The third-order valence-electron chi connectivity index (χ3n) is 3.00. The maximum Gasteiger partial charge on any atom is 0.183 e. The maximum absolute atomic E-state index is 4.63. The molecule has 0 saturated carbocycles. The number of aromatic nitrogens is 3. The van der Waals surface area contributed by atoms with Crippen LogP contribution in [0.3, 0.4) is 0 Å². The molecule has 0 bridgehead atoms. The lowest BCUT2D eigenvalue weighted by atomic mass is 10.2. The molecular weight excluding hydrogens is 256 g/mol. The van der Waals surface area contributed by atoms with E-state index in [4.69, 9.17) is 0 Å². The molecule has 0 aliphatic rings. The van der Waals surface area contributed by atoms with Crippen LogP contribution < -0.4 is 5.32 Å². The van der Waals surface area contributed by atoms with E-state index in [1.807, 2.05) is 24.0 Å².